The van der Waals surface area contributed by atoms with Gasteiger partial charge in [0.15, 0.2) is 11.0 Å². The standard InChI is InChI=1S/C22H22F3N5O3S/c1-29(12-18(31)26-17-7-5-4-6-16(17)22(23,24)25)19(32)13-34-21-28-27-20(30(21)2)14-8-10-15(33-3)11-9-14/h4-11H,12-13H2,1-3H3,(H,26,31). The number of carbonyl (C=O) groups excluding carboxylic acids is 2. The fraction of sp³-hybridized carbons (Fsp3) is 0.273. The van der Waals surface area contributed by atoms with Crippen LogP contribution < -0.4 is 10.1 Å². The number of halogens is 3. The van der Waals surface area contributed by atoms with E-state index in [1.807, 2.05) is 12.1 Å². The third-order valence-corrected chi connectivity index (χ3v) is 5.83. The van der Waals surface area contributed by atoms with Crippen molar-refractivity contribution in [1.29, 1.82) is 0 Å². The second-order valence-electron chi connectivity index (χ2n) is 7.22. The van der Waals surface area contributed by atoms with E-state index in [0.29, 0.717) is 16.7 Å². The Morgan fingerprint density at radius 3 is 2.44 bits per heavy atom. The summed E-state index contributed by atoms with van der Waals surface area (Å²) in [6.07, 6.45) is -4.61. The van der Waals surface area contributed by atoms with Crippen LogP contribution in [0.5, 0.6) is 5.75 Å². The van der Waals surface area contributed by atoms with E-state index >= 15 is 0 Å². The number of thioether (sulfide) groups is 1. The van der Waals surface area contributed by atoms with Crippen LogP contribution in [-0.2, 0) is 22.8 Å². The van der Waals surface area contributed by atoms with Crippen molar-refractivity contribution in [2.75, 3.05) is 31.8 Å². The quantitative estimate of drug-likeness (QED) is 0.482. The van der Waals surface area contributed by atoms with Crippen molar-refractivity contribution in [3.05, 3.63) is 54.1 Å². The number of nitrogens with one attached hydrogen (secondary N) is 1. The summed E-state index contributed by atoms with van der Waals surface area (Å²) in [5, 5.41) is 11.0. The predicted molar refractivity (Wildman–Crippen MR) is 121 cm³/mol. The first kappa shape index (κ1) is 25.1. The van der Waals surface area contributed by atoms with E-state index in [0.717, 1.165) is 34.4 Å². The number of aromatic nitrogens is 3. The second kappa shape index (κ2) is 10.6. The highest BCUT2D eigenvalue weighted by Gasteiger charge is 2.33. The number of hydrogen-bond donors (Lipinski definition) is 1. The van der Waals surface area contributed by atoms with Gasteiger partial charge >= 0.3 is 6.18 Å². The molecule has 0 aliphatic heterocycles. The molecule has 0 aliphatic carbocycles. The summed E-state index contributed by atoms with van der Waals surface area (Å²) in [5.41, 5.74) is -0.495. The highest BCUT2D eigenvalue weighted by molar-refractivity contribution is 7.99. The van der Waals surface area contributed by atoms with Gasteiger partial charge in [-0.3, -0.25) is 9.59 Å². The first-order valence-electron chi connectivity index (χ1n) is 9.96. The molecule has 0 saturated carbocycles. The number of ether oxygens (including phenoxy) is 1. The number of carbonyl (C=O) groups is 2. The number of rotatable bonds is 8. The van der Waals surface area contributed by atoms with Crippen LogP contribution in [0.25, 0.3) is 11.4 Å². The number of para-hydroxylation sites is 1. The summed E-state index contributed by atoms with van der Waals surface area (Å²) < 4.78 is 46.2. The molecule has 180 valence electrons. The third kappa shape index (κ3) is 6.07. The number of benzene rings is 2. The summed E-state index contributed by atoms with van der Waals surface area (Å²) in [4.78, 5) is 25.8. The van der Waals surface area contributed by atoms with E-state index < -0.39 is 30.1 Å². The lowest BCUT2D eigenvalue weighted by molar-refractivity contribution is -0.137. The van der Waals surface area contributed by atoms with E-state index in [1.54, 1.807) is 30.9 Å². The molecule has 0 aliphatic rings. The van der Waals surface area contributed by atoms with Crippen molar-refractivity contribution in [3.63, 3.8) is 0 Å². The zero-order chi connectivity index (χ0) is 24.9. The van der Waals surface area contributed by atoms with Crippen molar-refractivity contribution in [1.82, 2.24) is 19.7 Å². The topological polar surface area (TPSA) is 89.4 Å². The molecule has 1 heterocycles. The van der Waals surface area contributed by atoms with Gasteiger partial charge in [-0.15, -0.1) is 10.2 Å². The molecule has 12 heteroatoms. The van der Waals surface area contributed by atoms with Crippen molar-refractivity contribution >= 4 is 29.3 Å². The van der Waals surface area contributed by atoms with E-state index in [1.165, 1.54) is 19.2 Å². The summed E-state index contributed by atoms with van der Waals surface area (Å²) >= 11 is 1.14. The highest BCUT2D eigenvalue weighted by Crippen LogP contribution is 2.34. The van der Waals surface area contributed by atoms with Crippen molar-refractivity contribution in [2.24, 2.45) is 7.05 Å². The molecule has 1 N–H and O–H groups in total. The normalized spacial score (nSPS) is 11.2. The number of hydrogen-bond acceptors (Lipinski definition) is 6. The molecule has 0 unspecified atom stereocenters. The zero-order valence-electron chi connectivity index (χ0n) is 18.6. The van der Waals surface area contributed by atoms with Gasteiger partial charge in [-0.2, -0.15) is 13.2 Å². The van der Waals surface area contributed by atoms with Gasteiger partial charge in [0.2, 0.25) is 11.8 Å². The monoisotopic (exact) mass is 493 g/mol. The average Bonchev–Trinajstić information content (AvgIpc) is 3.17. The molecular formula is C22H22F3N5O3S. The van der Waals surface area contributed by atoms with E-state index in [2.05, 4.69) is 15.5 Å². The van der Waals surface area contributed by atoms with Crippen LogP contribution >= 0.6 is 11.8 Å². The molecule has 0 bridgehead atoms. The molecule has 34 heavy (non-hydrogen) atoms. The Morgan fingerprint density at radius 1 is 1.12 bits per heavy atom. The summed E-state index contributed by atoms with van der Waals surface area (Å²) in [6.45, 7) is -0.401. The fourth-order valence-corrected chi connectivity index (χ4v) is 3.85. The number of anilines is 1. The van der Waals surface area contributed by atoms with E-state index in [4.69, 9.17) is 4.74 Å². The molecule has 1 aromatic heterocycles. The maximum absolute atomic E-state index is 13.1. The van der Waals surface area contributed by atoms with E-state index in [9.17, 15) is 22.8 Å². The van der Waals surface area contributed by atoms with Gasteiger partial charge in [0.05, 0.1) is 30.7 Å². The molecule has 0 saturated heterocycles. The third-order valence-electron chi connectivity index (χ3n) is 4.82. The maximum atomic E-state index is 13.1. The molecule has 0 spiro atoms. The number of likely N-dealkylation sites (N-methyl/N-ethyl adjacent to an activating group) is 1. The van der Waals surface area contributed by atoms with Crippen LogP contribution in [0.1, 0.15) is 5.56 Å². The minimum atomic E-state index is -4.61. The molecule has 0 radical (unpaired) electrons. The molecule has 8 nitrogen and oxygen atoms in total. The Kier molecular flexibility index (Phi) is 7.82. The lowest BCUT2D eigenvalue weighted by atomic mass is 10.1. The summed E-state index contributed by atoms with van der Waals surface area (Å²) in [6, 6.07) is 11.9. The van der Waals surface area contributed by atoms with Gasteiger partial charge in [-0.25, -0.2) is 0 Å². The van der Waals surface area contributed by atoms with Crippen molar-refractivity contribution in [3.8, 4) is 17.1 Å². The second-order valence-corrected chi connectivity index (χ2v) is 8.17. The number of methoxy groups -OCH3 is 1. The fourth-order valence-electron chi connectivity index (χ4n) is 3.00. The Labute approximate surface area is 198 Å². The van der Waals surface area contributed by atoms with Crippen LogP contribution in [0.2, 0.25) is 0 Å². The van der Waals surface area contributed by atoms with Crippen LogP contribution in [0.15, 0.2) is 53.7 Å². The SMILES string of the molecule is COc1ccc(-c2nnc(SCC(=O)N(C)CC(=O)Nc3ccccc3C(F)(F)F)n2C)cc1. The molecule has 3 rings (SSSR count). The van der Waals surface area contributed by atoms with Gasteiger partial charge in [0.25, 0.3) is 0 Å². The average molecular weight is 494 g/mol. The number of nitrogens with zero attached hydrogens (tertiary/aromatic N) is 4. The molecule has 2 amide bonds. The zero-order valence-corrected chi connectivity index (χ0v) is 19.4. The van der Waals surface area contributed by atoms with Crippen LogP contribution in [0.3, 0.4) is 0 Å². The Morgan fingerprint density at radius 2 is 1.79 bits per heavy atom. The maximum Gasteiger partial charge on any atom is 0.418 e. The van der Waals surface area contributed by atoms with Crippen LogP contribution in [-0.4, -0.2) is 57.9 Å². The minimum Gasteiger partial charge on any atom is -0.497 e. The first-order valence-corrected chi connectivity index (χ1v) is 11.0. The number of amides is 2. The highest BCUT2D eigenvalue weighted by atomic mass is 32.2. The van der Waals surface area contributed by atoms with Crippen molar-refractivity contribution < 1.29 is 27.5 Å². The molecular weight excluding hydrogens is 471 g/mol. The lowest BCUT2D eigenvalue weighted by Gasteiger charge is -2.18. The Bertz CT molecular complexity index is 1170. The summed E-state index contributed by atoms with van der Waals surface area (Å²) in [5.74, 6) is 0.155. The van der Waals surface area contributed by atoms with Crippen molar-refractivity contribution in [2.45, 2.75) is 11.3 Å². The predicted octanol–water partition coefficient (Wildman–Crippen LogP) is 3.70. The smallest absolute Gasteiger partial charge is 0.418 e. The van der Waals surface area contributed by atoms with Crippen LogP contribution in [0.4, 0.5) is 18.9 Å². The molecule has 0 fully saturated rings. The minimum absolute atomic E-state index is 0.0303. The molecule has 2 aromatic carbocycles. The lowest BCUT2D eigenvalue weighted by Crippen LogP contribution is -2.36. The summed E-state index contributed by atoms with van der Waals surface area (Å²) in [7, 11) is 4.74. The molecule has 3 aromatic rings. The van der Waals surface area contributed by atoms with Gasteiger partial charge < -0.3 is 19.5 Å². The van der Waals surface area contributed by atoms with Gasteiger partial charge in [0, 0.05) is 19.7 Å². The Balaban J connectivity index is 1.56. The van der Waals surface area contributed by atoms with Gasteiger partial charge in [-0.05, 0) is 36.4 Å². The molecule has 0 atom stereocenters. The largest absolute Gasteiger partial charge is 0.497 e. The Hall–Kier alpha value is -3.54. The number of alkyl halides is 3. The van der Waals surface area contributed by atoms with E-state index in [-0.39, 0.29) is 11.4 Å². The van der Waals surface area contributed by atoms with Gasteiger partial charge in [0.1, 0.15) is 5.75 Å². The van der Waals surface area contributed by atoms with Gasteiger partial charge in [-0.1, -0.05) is 23.9 Å². The first-order chi connectivity index (χ1) is 16.1. The van der Waals surface area contributed by atoms with Crippen LogP contribution in [0, 0.1) is 0 Å².